The van der Waals surface area contributed by atoms with E-state index < -0.39 is 0 Å². The fourth-order valence-corrected chi connectivity index (χ4v) is 1.55. The van der Waals surface area contributed by atoms with E-state index in [2.05, 4.69) is 11.9 Å². The molecule has 0 aliphatic heterocycles. The van der Waals surface area contributed by atoms with E-state index in [1.165, 1.54) is 0 Å². The average molecular weight is 221 g/mol. The molecule has 1 aromatic rings. The topological polar surface area (TPSA) is 31.4 Å². The number of hydrogen-bond donors (Lipinski definition) is 0. The minimum absolute atomic E-state index is 0.161. The lowest BCUT2D eigenvalue weighted by molar-refractivity contribution is 0.215. The molecule has 0 radical (unpaired) electrons. The first-order valence-corrected chi connectivity index (χ1v) is 6.02. The first-order chi connectivity index (χ1) is 7.70. The van der Waals surface area contributed by atoms with Crippen LogP contribution in [-0.4, -0.2) is 17.2 Å². The molecule has 0 unspecified atom stereocenters. The summed E-state index contributed by atoms with van der Waals surface area (Å²) in [6, 6.07) is 1.89. The van der Waals surface area contributed by atoms with E-state index in [1.807, 2.05) is 19.9 Å². The van der Waals surface area contributed by atoms with Crippen LogP contribution in [0.3, 0.4) is 0 Å². The molecule has 16 heavy (non-hydrogen) atoms. The smallest absolute Gasteiger partial charge is 0.183 e. The van der Waals surface area contributed by atoms with Gasteiger partial charge >= 0.3 is 0 Å². The molecule has 1 saturated carbocycles. The molecule has 0 aromatic carbocycles. The largest absolute Gasteiger partial charge is 0.487 e. The molecular formula is C13H19NO2. The quantitative estimate of drug-likeness (QED) is 0.766. The van der Waals surface area contributed by atoms with Gasteiger partial charge in [-0.15, -0.1) is 0 Å². The van der Waals surface area contributed by atoms with Crippen LogP contribution < -0.4 is 9.47 Å². The Kier molecular flexibility index (Phi) is 3.32. The molecule has 3 nitrogen and oxygen atoms in total. The fourth-order valence-electron chi connectivity index (χ4n) is 1.55. The number of aryl methyl sites for hydroxylation is 1. The highest BCUT2D eigenvalue weighted by atomic mass is 16.5. The first-order valence-electron chi connectivity index (χ1n) is 6.02. The number of rotatable bonds is 5. The van der Waals surface area contributed by atoms with Crippen molar-refractivity contribution in [3.05, 3.63) is 18.0 Å². The Morgan fingerprint density at radius 2 is 2.19 bits per heavy atom. The second kappa shape index (κ2) is 4.73. The number of nitrogens with zero attached hydrogens (tertiary/aromatic N) is 1. The molecule has 1 aromatic heterocycles. The van der Waals surface area contributed by atoms with E-state index in [4.69, 9.17) is 9.47 Å². The monoisotopic (exact) mass is 221 g/mol. The highest BCUT2D eigenvalue weighted by Gasteiger charge is 2.26. The summed E-state index contributed by atoms with van der Waals surface area (Å²) in [5, 5.41) is 0. The number of hydrogen-bond acceptors (Lipinski definition) is 3. The molecule has 1 aliphatic rings. The summed E-state index contributed by atoms with van der Waals surface area (Å²) in [5.74, 6) is 1.68. The van der Waals surface area contributed by atoms with Crippen LogP contribution in [0.2, 0.25) is 0 Å². The molecule has 1 heterocycles. The molecular weight excluding hydrogens is 202 g/mol. The average Bonchev–Trinajstić information content (AvgIpc) is 3.03. The Balaban J connectivity index is 2.25. The van der Waals surface area contributed by atoms with Crippen molar-refractivity contribution in [2.75, 3.05) is 0 Å². The Labute approximate surface area is 96.8 Å². The zero-order valence-corrected chi connectivity index (χ0v) is 10.2. The van der Waals surface area contributed by atoms with Gasteiger partial charge in [0.25, 0.3) is 0 Å². The third-order valence-corrected chi connectivity index (χ3v) is 2.45. The third-order valence-electron chi connectivity index (χ3n) is 2.45. The lowest BCUT2D eigenvalue weighted by Gasteiger charge is -2.16. The van der Waals surface area contributed by atoms with Crippen LogP contribution in [0.25, 0.3) is 0 Å². The molecule has 0 saturated heterocycles. The lowest BCUT2D eigenvalue weighted by atomic mass is 10.2. The standard InChI is InChI=1S/C13H19NO2/c1-4-11-13(16-10-5-6-10)12(7-8-14-11)15-9(2)3/h7-10H,4-6H2,1-3H3. The van der Waals surface area contributed by atoms with Crippen LogP contribution >= 0.6 is 0 Å². The first kappa shape index (κ1) is 11.2. The second-order valence-electron chi connectivity index (χ2n) is 4.42. The van der Waals surface area contributed by atoms with Crippen molar-refractivity contribution in [1.29, 1.82) is 0 Å². The van der Waals surface area contributed by atoms with Crippen molar-refractivity contribution < 1.29 is 9.47 Å². The maximum absolute atomic E-state index is 5.89. The maximum Gasteiger partial charge on any atom is 0.183 e. The summed E-state index contributed by atoms with van der Waals surface area (Å²) in [6.45, 7) is 6.13. The van der Waals surface area contributed by atoms with Crippen molar-refractivity contribution in [2.45, 2.75) is 52.2 Å². The second-order valence-corrected chi connectivity index (χ2v) is 4.42. The van der Waals surface area contributed by atoms with Crippen molar-refractivity contribution in [2.24, 2.45) is 0 Å². The van der Waals surface area contributed by atoms with Gasteiger partial charge in [-0.1, -0.05) is 6.92 Å². The van der Waals surface area contributed by atoms with Crippen LogP contribution in [0.5, 0.6) is 11.5 Å². The van der Waals surface area contributed by atoms with Crippen LogP contribution in [0.4, 0.5) is 0 Å². The van der Waals surface area contributed by atoms with E-state index in [0.29, 0.717) is 6.10 Å². The Hall–Kier alpha value is -1.25. The summed E-state index contributed by atoms with van der Waals surface area (Å²) in [5.41, 5.74) is 0.991. The molecule has 2 rings (SSSR count). The molecule has 0 amide bonds. The van der Waals surface area contributed by atoms with Gasteiger partial charge in [0, 0.05) is 12.3 Å². The number of aromatic nitrogens is 1. The van der Waals surface area contributed by atoms with E-state index in [0.717, 1.165) is 36.5 Å². The molecule has 1 aliphatic carbocycles. The van der Waals surface area contributed by atoms with Crippen molar-refractivity contribution in [3.8, 4) is 11.5 Å². The fraction of sp³-hybridized carbons (Fsp3) is 0.615. The van der Waals surface area contributed by atoms with Crippen LogP contribution in [-0.2, 0) is 6.42 Å². The zero-order valence-electron chi connectivity index (χ0n) is 10.2. The highest BCUT2D eigenvalue weighted by molar-refractivity contribution is 5.43. The van der Waals surface area contributed by atoms with E-state index in [9.17, 15) is 0 Å². The van der Waals surface area contributed by atoms with Gasteiger partial charge in [0.15, 0.2) is 11.5 Å². The number of pyridine rings is 1. The Bertz CT molecular complexity index is 359. The minimum Gasteiger partial charge on any atom is -0.487 e. The summed E-state index contributed by atoms with van der Waals surface area (Å²) in [6.07, 6.45) is 5.50. The van der Waals surface area contributed by atoms with Gasteiger partial charge in [0.05, 0.1) is 17.9 Å². The van der Waals surface area contributed by atoms with Gasteiger partial charge in [-0.05, 0) is 33.1 Å². The van der Waals surface area contributed by atoms with Crippen molar-refractivity contribution >= 4 is 0 Å². The predicted octanol–water partition coefficient (Wildman–Crippen LogP) is 2.97. The Morgan fingerprint density at radius 3 is 2.75 bits per heavy atom. The summed E-state index contributed by atoms with van der Waals surface area (Å²) >= 11 is 0. The number of ether oxygens (including phenoxy) is 2. The lowest BCUT2D eigenvalue weighted by Crippen LogP contribution is -2.10. The van der Waals surface area contributed by atoms with Gasteiger partial charge < -0.3 is 9.47 Å². The minimum atomic E-state index is 0.161. The van der Waals surface area contributed by atoms with Crippen molar-refractivity contribution in [1.82, 2.24) is 4.98 Å². The predicted molar refractivity (Wildman–Crippen MR) is 63.0 cm³/mol. The zero-order chi connectivity index (χ0) is 11.5. The van der Waals surface area contributed by atoms with E-state index in [1.54, 1.807) is 6.20 Å². The normalized spacial score (nSPS) is 15.2. The van der Waals surface area contributed by atoms with Gasteiger partial charge in [-0.2, -0.15) is 0 Å². The molecule has 0 atom stereocenters. The third kappa shape index (κ3) is 2.65. The summed E-state index contributed by atoms with van der Waals surface area (Å²) in [7, 11) is 0. The summed E-state index contributed by atoms with van der Waals surface area (Å²) in [4.78, 5) is 4.34. The van der Waals surface area contributed by atoms with Gasteiger partial charge in [-0.25, -0.2) is 0 Å². The van der Waals surface area contributed by atoms with Gasteiger partial charge in [0.1, 0.15) is 0 Å². The molecule has 0 N–H and O–H groups in total. The van der Waals surface area contributed by atoms with Crippen LogP contribution in [0.1, 0.15) is 39.3 Å². The SMILES string of the molecule is CCc1nccc(OC(C)C)c1OC1CC1. The molecule has 0 bridgehead atoms. The molecule has 1 fully saturated rings. The van der Waals surface area contributed by atoms with Gasteiger partial charge in [-0.3, -0.25) is 4.98 Å². The maximum atomic E-state index is 5.89. The highest BCUT2D eigenvalue weighted by Crippen LogP contribution is 2.36. The van der Waals surface area contributed by atoms with Gasteiger partial charge in [0.2, 0.25) is 0 Å². The van der Waals surface area contributed by atoms with E-state index in [-0.39, 0.29) is 6.10 Å². The summed E-state index contributed by atoms with van der Waals surface area (Å²) < 4.78 is 11.6. The van der Waals surface area contributed by atoms with Crippen molar-refractivity contribution in [3.63, 3.8) is 0 Å². The Morgan fingerprint density at radius 1 is 1.44 bits per heavy atom. The molecule has 3 heteroatoms. The van der Waals surface area contributed by atoms with Crippen LogP contribution in [0, 0.1) is 0 Å². The molecule has 88 valence electrons. The van der Waals surface area contributed by atoms with Crippen LogP contribution in [0.15, 0.2) is 12.3 Å². The van der Waals surface area contributed by atoms with E-state index >= 15 is 0 Å². The molecule has 0 spiro atoms.